The Morgan fingerprint density at radius 1 is 1.30 bits per heavy atom. The van der Waals surface area contributed by atoms with Crippen molar-refractivity contribution < 1.29 is 31.1 Å². The average molecular weight is 509 g/mol. The first-order chi connectivity index (χ1) is 15.5. The van der Waals surface area contributed by atoms with Crippen molar-refractivity contribution in [2.45, 2.75) is 30.3 Å². The molecule has 1 N–H and O–H groups in total. The number of halogens is 4. The second-order valence-corrected chi connectivity index (χ2v) is 10.6. The Balaban J connectivity index is 1.59. The summed E-state index contributed by atoms with van der Waals surface area (Å²) < 4.78 is 77.0. The largest absolute Gasteiger partial charge is 0.573 e. The van der Waals surface area contributed by atoms with Crippen LogP contribution < -0.4 is 10.1 Å². The number of hydrogen-bond acceptors (Lipinski definition) is 6. The number of benzene rings is 1. The third kappa shape index (κ3) is 5.56. The van der Waals surface area contributed by atoms with E-state index in [2.05, 4.69) is 15.0 Å². The molecule has 4 rings (SSSR count). The second kappa shape index (κ2) is 9.32. The maximum atomic E-state index is 13.2. The number of nitrogens with one attached hydrogen (secondary N) is 1. The molecular formula is C20H24ClF3N4O4S. The number of imidazole rings is 1. The molecule has 1 aromatic carbocycles. The van der Waals surface area contributed by atoms with E-state index in [0.717, 1.165) is 12.8 Å². The third-order valence-corrected chi connectivity index (χ3v) is 7.96. The summed E-state index contributed by atoms with van der Waals surface area (Å²) in [5, 5.41) is 2.98. The van der Waals surface area contributed by atoms with E-state index in [-0.39, 0.29) is 41.0 Å². The molecule has 0 saturated carbocycles. The summed E-state index contributed by atoms with van der Waals surface area (Å²) in [7, 11) is -2.14. The van der Waals surface area contributed by atoms with E-state index in [1.165, 1.54) is 35.0 Å². The quantitative estimate of drug-likeness (QED) is 0.643. The minimum atomic E-state index is -4.88. The molecule has 2 aliphatic rings. The van der Waals surface area contributed by atoms with Gasteiger partial charge in [0.15, 0.2) is 5.03 Å². The molecule has 2 aliphatic heterocycles. The molecule has 2 unspecified atom stereocenters. The minimum absolute atomic E-state index is 0.0448. The molecule has 0 spiro atoms. The molecule has 0 bridgehead atoms. The first-order valence-corrected chi connectivity index (χ1v) is 12.2. The number of aromatic nitrogens is 2. The first kappa shape index (κ1) is 24.1. The fourth-order valence-electron chi connectivity index (χ4n) is 4.39. The standard InChI is InChI=1S/C20H24ClF3N4O4S/c1-27-10-19(25-12-27)33(29,30)28-8-15(13-3-2-6-31-11-13)17(9-28)26-14-4-5-16(21)18(7-14)32-20(22,23)24/h4-5,7,10,12-13,15,17,26H,2-3,6,8-9,11H2,1H3/t13-,15?,17?/m1/s1. The fraction of sp³-hybridized carbons (Fsp3) is 0.550. The van der Waals surface area contributed by atoms with E-state index in [0.29, 0.717) is 18.9 Å². The van der Waals surface area contributed by atoms with Crippen LogP contribution in [0.25, 0.3) is 0 Å². The van der Waals surface area contributed by atoms with Crippen molar-refractivity contribution in [1.29, 1.82) is 0 Å². The third-order valence-electron chi connectivity index (χ3n) is 5.93. The fourth-order valence-corrected chi connectivity index (χ4v) is 6.01. The highest BCUT2D eigenvalue weighted by molar-refractivity contribution is 7.89. The Bertz CT molecular complexity index is 1090. The normalized spacial score (nSPS) is 24.7. The van der Waals surface area contributed by atoms with Crippen LogP contribution in [0.15, 0.2) is 35.7 Å². The van der Waals surface area contributed by atoms with Gasteiger partial charge in [-0.15, -0.1) is 13.2 Å². The van der Waals surface area contributed by atoms with Gasteiger partial charge < -0.3 is 19.4 Å². The van der Waals surface area contributed by atoms with E-state index in [4.69, 9.17) is 16.3 Å². The molecule has 1 aromatic heterocycles. The predicted octanol–water partition coefficient (Wildman–Crippen LogP) is 3.50. The van der Waals surface area contributed by atoms with E-state index in [1.54, 1.807) is 11.6 Å². The molecule has 8 nitrogen and oxygen atoms in total. The van der Waals surface area contributed by atoms with Gasteiger partial charge in [-0.25, -0.2) is 13.4 Å². The lowest BCUT2D eigenvalue weighted by molar-refractivity contribution is -0.274. The molecule has 0 amide bonds. The van der Waals surface area contributed by atoms with Gasteiger partial charge in [-0.05, 0) is 36.8 Å². The van der Waals surface area contributed by atoms with Crippen LogP contribution in [0.3, 0.4) is 0 Å². The van der Waals surface area contributed by atoms with E-state index >= 15 is 0 Å². The highest BCUT2D eigenvalue weighted by atomic mass is 35.5. The number of alkyl halides is 3. The summed E-state index contributed by atoms with van der Waals surface area (Å²) in [6.07, 6.45) is -0.282. The monoisotopic (exact) mass is 508 g/mol. The van der Waals surface area contributed by atoms with Crippen molar-refractivity contribution in [3.63, 3.8) is 0 Å². The number of sulfonamides is 1. The van der Waals surface area contributed by atoms with Gasteiger partial charge in [0, 0.05) is 57.3 Å². The van der Waals surface area contributed by atoms with Crippen LogP contribution in [0.4, 0.5) is 18.9 Å². The van der Waals surface area contributed by atoms with Gasteiger partial charge in [-0.1, -0.05) is 11.6 Å². The van der Waals surface area contributed by atoms with Gasteiger partial charge in [-0.2, -0.15) is 4.31 Å². The second-order valence-electron chi connectivity index (χ2n) is 8.28. The molecule has 3 atom stereocenters. The molecule has 0 aliphatic carbocycles. The summed E-state index contributed by atoms with van der Waals surface area (Å²) in [4.78, 5) is 3.98. The van der Waals surface area contributed by atoms with Crippen molar-refractivity contribution >= 4 is 27.3 Å². The molecular weight excluding hydrogens is 485 g/mol. The number of anilines is 1. The molecule has 0 radical (unpaired) electrons. The smallest absolute Gasteiger partial charge is 0.404 e. The van der Waals surface area contributed by atoms with Gasteiger partial charge >= 0.3 is 6.36 Å². The van der Waals surface area contributed by atoms with Gasteiger partial charge in [0.1, 0.15) is 5.75 Å². The van der Waals surface area contributed by atoms with Crippen LogP contribution in [0.1, 0.15) is 12.8 Å². The molecule has 182 valence electrons. The van der Waals surface area contributed by atoms with Crippen LogP contribution in [0.5, 0.6) is 5.75 Å². The van der Waals surface area contributed by atoms with Crippen LogP contribution in [0.2, 0.25) is 5.02 Å². The molecule has 2 aromatic rings. The van der Waals surface area contributed by atoms with Gasteiger partial charge in [0.25, 0.3) is 10.0 Å². The highest BCUT2D eigenvalue weighted by Gasteiger charge is 2.44. The van der Waals surface area contributed by atoms with Gasteiger partial charge in [0.05, 0.1) is 11.3 Å². The number of aryl methyl sites for hydroxylation is 1. The Morgan fingerprint density at radius 3 is 2.73 bits per heavy atom. The average Bonchev–Trinajstić information content (AvgIpc) is 3.37. The lowest BCUT2D eigenvalue weighted by atomic mass is 9.84. The molecule has 2 saturated heterocycles. The van der Waals surface area contributed by atoms with E-state index < -0.39 is 22.1 Å². The van der Waals surface area contributed by atoms with E-state index in [1.807, 2.05) is 0 Å². The topological polar surface area (TPSA) is 85.7 Å². The Hall–Kier alpha value is -2.02. The zero-order valence-electron chi connectivity index (χ0n) is 17.8. The predicted molar refractivity (Wildman–Crippen MR) is 115 cm³/mol. The maximum Gasteiger partial charge on any atom is 0.573 e. The zero-order valence-corrected chi connectivity index (χ0v) is 19.3. The molecule has 3 heterocycles. The van der Waals surface area contributed by atoms with E-state index in [9.17, 15) is 21.6 Å². The maximum absolute atomic E-state index is 13.2. The van der Waals surface area contributed by atoms with Crippen molar-refractivity contribution in [3.05, 3.63) is 35.7 Å². The highest BCUT2D eigenvalue weighted by Crippen LogP contribution is 2.37. The van der Waals surface area contributed by atoms with Crippen molar-refractivity contribution in [3.8, 4) is 5.75 Å². The summed E-state index contributed by atoms with van der Waals surface area (Å²) in [6, 6.07) is 3.66. The summed E-state index contributed by atoms with van der Waals surface area (Å²) in [6.45, 7) is 1.55. The van der Waals surface area contributed by atoms with Crippen molar-refractivity contribution in [1.82, 2.24) is 13.9 Å². The minimum Gasteiger partial charge on any atom is -0.404 e. The van der Waals surface area contributed by atoms with Crippen LogP contribution in [0, 0.1) is 11.8 Å². The van der Waals surface area contributed by atoms with Crippen LogP contribution in [-0.4, -0.2) is 61.0 Å². The lowest BCUT2D eigenvalue weighted by Crippen LogP contribution is -2.36. The van der Waals surface area contributed by atoms with Crippen LogP contribution in [-0.2, 0) is 21.8 Å². The van der Waals surface area contributed by atoms with Crippen LogP contribution >= 0.6 is 11.6 Å². The number of nitrogens with zero attached hydrogens (tertiary/aromatic N) is 3. The SMILES string of the molecule is Cn1cnc(S(=O)(=O)N2CC(Nc3ccc(Cl)c(OC(F)(F)F)c3)C([C@@H]3CCCOC3)C2)c1. The first-order valence-electron chi connectivity index (χ1n) is 10.4. The summed E-state index contributed by atoms with van der Waals surface area (Å²) >= 11 is 5.86. The number of ether oxygens (including phenoxy) is 2. The summed E-state index contributed by atoms with van der Waals surface area (Å²) in [5.41, 5.74) is 0.350. The Morgan fingerprint density at radius 2 is 2.09 bits per heavy atom. The molecule has 13 heteroatoms. The van der Waals surface area contributed by atoms with Crippen molar-refractivity contribution in [2.75, 3.05) is 31.6 Å². The number of hydrogen-bond donors (Lipinski definition) is 1. The summed E-state index contributed by atoms with van der Waals surface area (Å²) in [5.74, 6) is -0.521. The zero-order chi connectivity index (χ0) is 23.8. The Labute approximate surface area is 194 Å². The molecule has 33 heavy (non-hydrogen) atoms. The lowest BCUT2D eigenvalue weighted by Gasteiger charge is -2.31. The van der Waals surface area contributed by atoms with Crippen molar-refractivity contribution in [2.24, 2.45) is 18.9 Å². The molecule has 2 fully saturated rings. The van der Waals surface area contributed by atoms with Gasteiger partial charge in [0.2, 0.25) is 0 Å². The Kier molecular flexibility index (Phi) is 6.81. The van der Waals surface area contributed by atoms with Gasteiger partial charge in [-0.3, -0.25) is 0 Å². The number of rotatable bonds is 6.